The molecule has 0 unspecified atom stereocenters. The Morgan fingerprint density at radius 3 is 1.40 bits per heavy atom. The lowest BCUT2D eigenvalue weighted by Gasteiger charge is -2.06. The molecule has 0 aliphatic carbocycles. The van der Waals surface area contributed by atoms with Gasteiger partial charge in [0.2, 0.25) is 0 Å². The lowest BCUT2D eigenvalue weighted by molar-refractivity contribution is 0.624. The molecule has 0 saturated heterocycles. The minimum atomic E-state index is -0.520. The van der Waals surface area contributed by atoms with Crippen LogP contribution < -0.4 is 0 Å². The highest BCUT2D eigenvalue weighted by atomic mass is 127. The van der Waals surface area contributed by atoms with E-state index in [-0.39, 0.29) is 10.8 Å². The van der Waals surface area contributed by atoms with Crippen LogP contribution in [-0.4, -0.2) is 17.5 Å². The molecule has 4 nitrogen and oxygen atoms in total. The van der Waals surface area contributed by atoms with E-state index in [4.69, 9.17) is 0 Å². The van der Waals surface area contributed by atoms with Crippen molar-refractivity contribution in [1.82, 2.24) is 17.5 Å². The fraction of sp³-hybridized carbons (Fsp3) is 0. The van der Waals surface area contributed by atoms with Gasteiger partial charge in [0.1, 0.15) is 33.7 Å². The molecular formula is C10F2I2N4S2. The average molecular weight is 532 g/mol. The summed E-state index contributed by atoms with van der Waals surface area (Å²) in [5, 5.41) is 0.271. The zero-order chi connectivity index (χ0) is 14.0. The van der Waals surface area contributed by atoms with Crippen LogP contribution in [0.2, 0.25) is 0 Å². The number of aromatic nitrogens is 4. The van der Waals surface area contributed by atoms with Gasteiger partial charge in [-0.2, -0.15) is 17.5 Å². The molecule has 2 heterocycles. The first-order valence-corrected chi connectivity index (χ1v) is 8.75. The Bertz CT molecular complexity index is 931. The quantitative estimate of drug-likeness (QED) is 0.317. The normalized spacial score (nSPS) is 12.0. The fourth-order valence-electron chi connectivity index (χ4n) is 2.08. The molecular weight excluding hydrogens is 532 g/mol. The van der Waals surface area contributed by atoms with Gasteiger partial charge >= 0.3 is 0 Å². The van der Waals surface area contributed by atoms with Crippen molar-refractivity contribution in [3.05, 3.63) is 18.8 Å². The summed E-state index contributed by atoms with van der Waals surface area (Å²) in [6.07, 6.45) is 0. The molecule has 4 aromatic rings. The van der Waals surface area contributed by atoms with Crippen LogP contribution in [0.5, 0.6) is 0 Å². The second-order valence-electron chi connectivity index (χ2n) is 3.93. The predicted octanol–water partition coefficient (Wildman–Crippen LogP) is 4.34. The molecule has 10 heteroatoms. The number of hydrogen-bond acceptors (Lipinski definition) is 6. The predicted molar refractivity (Wildman–Crippen MR) is 91.2 cm³/mol. The van der Waals surface area contributed by atoms with Crippen LogP contribution in [0.25, 0.3) is 32.8 Å². The van der Waals surface area contributed by atoms with Gasteiger partial charge in [0.15, 0.2) is 0 Å². The van der Waals surface area contributed by atoms with E-state index < -0.39 is 11.6 Å². The number of fused-ring (bicyclic) bond motifs is 5. The number of benzene rings is 2. The van der Waals surface area contributed by atoms with Crippen molar-refractivity contribution < 1.29 is 8.78 Å². The zero-order valence-electron chi connectivity index (χ0n) is 9.12. The second-order valence-corrected chi connectivity index (χ2v) is 7.14. The molecule has 0 aliphatic heterocycles. The Hall–Kier alpha value is -0.340. The third-order valence-electron chi connectivity index (χ3n) is 2.94. The van der Waals surface area contributed by atoms with E-state index >= 15 is 0 Å². The monoisotopic (exact) mass is 532 g/mol. The maximum atomic E-state index is 14.6. The van der Waals surface area contributed by atoms with Crippen molar-refractivity contribution in [3.63, 3.8) is 0 Å². The summed E-state index contributed by atoms with van der Waals surface area (Å²) in [5.74, 6) is -1.04. The van der Waals surface area contributed by atoms with E-state index in [1.54, 1.807) is 0 Å². The molecule has 0 radical (unpaired) electrons. The van der Waals surface area contributed by atoms with Crippen LogP contribution in [0.3, 0.4) is 0 Å². The molecule has 0 saturated carbocycles. The summed E-state index contributed by atoms with van der Waals surface area (Å²) in [6, 6.07) is 0. The Morgan fingerprint density at radius 1 is 0.650 bits per heavy atom. The molecule has 0 N–H and O–H groups in total. The maximum absolute atomic E-state index is 14.6. The molecule has 0 bridgehead atoms. The van der Waals surface area contributed by atoms with E-state index in [2.05, 4.69) is 17.5 Å². The van der Waals surface area contributed by atoms with Crippen molar-refractivity contribution in [2.75, 3.05) is 0 Å². The second kappa shape index (κ2) is 4.58. The molecule has 0 amide bonds. The molecule has 20 heavy (non-hydrogen) atoms. The first kappa shape index (κ1) is 13.3. The van der Waals surface area contributed by atoms with Gasteiger partial charge in [-0.25, -0.2) is 8.78 Å². The zero-order valence-corrected chi connectivity index (χ0v) is 15.1. The van der Waals surface area contributed by atoms with Gasteiger partial charge in [-0.15, -0.1) is 0 Å². The SMILES string of the molecule is Fc1c(I)c2nsnc2c2c(F)c(I)c3nsnc3c12. The standard InChI is InChI=1S/C10F2I2N4S2/c11-3-1-2(8-10(5(3)13)18-20-16-8)4(12)6(14)9-7(1)15-19-17-9. The van der Waals surface area contributed by atoms with Gasteiger partial charge in [-0.1, -0.05) is 0 Å². The lowest BCUT2D eigenvalue weighted by atomic mass is 10.1. The highest BCUT2D eigenvalue weighted by molar-refractivity contribution is 14.1. The summed E-state index contributed by atoms with van der Waals surface area (Å²) in [4.78, 5) is 0. The van der Waals surface area contributed by atoms with E-state index in [9.17, 15) is 8.78 Å². The van der Waals surface area contributed by atoms with E-state index in [1.165, 1.54) is 0 Å². The van der Waals surface area contributed by atoms with Gasteiger partial charge in [0, 0.05) is 0 Å². The minimum absolute atomic E-state index is 0.135. The molecule has 0 fully saturated rings. The summed E-state index contributed by atoms with van der Waals surface area (Å²) >= 11 is 5.59. The highest BCUT2D eigenvalue weighted by Crippen LogP contribution is 2.39. The van der Waals surface area contributed by atoms with Crippen molar-refractivity contribution in [2.45, 2.75) is 0 Å². The lowest BCUT2D eigenvalue weighted by Crippen LogP contribution is -1.96. The summed E-state index contributed by atoms with van der Waals surface area (Å²) in [5.41, 5.74) is 1.53. The average Bonchev–Trinajstić information content (AvgIpc) is 3.08. The van der Waals surface area contributed by atoms with Gasteiger partial charge in [0.25, 0.3) is 0 Å². The van der Waals surface area contributed by atoms with Gasteiger partial charge in [0.05, 0.1) is 41.4 Å². The molecule has 4 rings (SSSR count). The molecule has 2 aromatic heterocycles. The minimum Gasteiger partial charge on any atom is -0.205 e. The third-order valence-corrected chi connectivity index (χ3v) is 5.97. The first-order valence-electron chi connectivity index (χ1n) is 5.13. The highest BCUT2D eigenvalue weighted by Gasteiger charge is 2.25. The van der Waals surface area contributed by atoms with Crippen LogP contribution in [-0.2, 0) is 0 Å². The Balaban J connectivity index is 2.49. The molecule has 2 aromatic carbocycles. The van der Waals surface area contributed by atoms with Crippen molar-refractivity contribution >= 4 is 101 Å². The van der Waals surface area contributed by atoms with Gasteiger partial charge in [-0.05, 0) is 45.2 Å². The first-order chi connectivity index (χ1) is 9.61. The topological polar surface area (TPSA) is 51.6 Å². The van der Waals surface area contributed by atoms with Crippen molar-refractivity contribution in [2.24, 2.45) is 0 Å². The number of halogens is 4. The number of rotatable bonds is 0. The molecule has 0 atom stereocenters. The fourth-order valence-corrected chi connectivity index (χ4v) is 4.82. The van der Waals surface area contributed by atoms with Crippen molar-refractivity contribution in [3.8, 4) is 0 Å². The largest absolute Gasteiger partial charge is 0.205 e. The van der Waals surface area contributed by atoms with Gasteiger partial charge in [-0.3, -0.25) is 0 Å². The van der Waals surface area contributed by atoms with E-state index in [0.717, 1.165) is 23.5 Å². The van der Waals surface area contributed by atoms with Crippen LogP contribution in [0.4, 0.5) is 8.78 Å². The summed E-state index contributed by atoms with van der Waals surface area (Å²) in [6.45, 7) is 0. The van der Waals surface area contributed by atoms with Crippen LogP contribution in [0.1, 0.15) is 0 Å². The van der Waals surface area contributed by atoms with Gasteiger partial charge < -0.3 is 0 Å². The van der Waals surface area contributed by atoms with Crippen LogP contribution in [0, 0.1) is 18.8 Å². The van der Waals surface area contributed by atoms with E-state index in [0.29, 0.717) is 29.2 Å². The summed E-state index contributed by atoms with van der Waals surface area (Å²) < 4.78 is 46.2. The third kappa shape index (κ3) is 1.58. The summed E-state index contributed by atoms with van der Waals surface area (Å²) in [7, 11) is 0. The van der Waals surface area contributed by atoms with Crippen LogP contribution in [0.15, 0.2) is 0 Å². The smallest absolute Gasteiger partial charge is 0.149 e. The van der Waals surface area contributed by atoms with E-state index in [1.807, 2.05) is 45.2 Å². The Kier molecular flexibility index (Phi) is 3.05. The Morgan fingerprint density at radius 2 is 1.00 bits per heavy atom. The van der Waals surface area contributed by atoms with Crippen molar-refractivity contribution in [1.29, 1.82) is 0 Å². The molecule has 0 aliphatic rings. The number of hydrogen-bond donors (Lipinski definition) is 0. The Labute approximate surface area is 145 Å². The molecule has 100 valence electrons. The number of nitrogens with zero attached hydrogens (tertiary/aromatic N) is 4. The molecule has 0 spiro atoms. The van der Waals surface area contributed by atoms with Crippen LogP contribution >= 0.6 is 68.6 Å². The maximum Gasteiger partial charge on any atom is 0.149 e.